The second kappa shape index (κ2) is 7.94. The van der Waals surface area contributed by atoms with Crippen LogP contribution < -0.4 is 0 Å². The Morgan fingerprint density at radius 3 is 2.32 bits per heavy atom. The van der Waals surface area contributed by atoms with Crippen molar-refractivity contribution < 1.29 is 14.7 Å². The molecule has 1 aromatic heterocycles. The Hall–Kier alpha value is -2.40. The lowest BCUT2D eigenvalue weighted by Crippen LogP contribution is -2.37. The van der Waals surface area contributed by atoms with E-state index in [1.807, 2.05) is 37.4 Å². The average molecular weight is 438 g/mol. The van der Waals surface area contributed by atoms with Crippen molar-refractivity contribution in [2.75, 3.05) is 0 Å². The fraction of sp³-hybridized carbons (Fsp3) is 0.462. The van der Waals surface area contributed by atoms with Gasteiger partial charge in [-0.3, -0.25) is 9.59 Å². The largest absolute Gasteiger partial charge is 0.507 e. The Kier molecular flexibility index (Phi) is 5.59. The summed E-state index contributed by atoms with van der Waals surface area (Å²) in [5.74, 6) is -1.10. The molecule has 2 aliphatic rings. The molecule has 164 valence electrons. The van der Waals surface area contributed by atoms with Crippen molar-refractivity contribution in [2.24, 2.45) is 0 Å². The van der Waals surface area contributed by atoms with Crippen LogP contribution in [-0.4, -0.2) is 27.7 Å². The van der Waals surface area contributed by atoms with Crippen LogP contribution in [0, 0.1) is 13.8 Å². The molecule has 1 saturated heterocycles. The summed E-state index contributed by atoms with van der Waals surface area (Å²) in [5.41, 5.74) is 3.79. The van der Waals surface area contributed by atoms with Crippen molar-refractivity contribution in [3.8, 4) is 0 Å². The molecular formula is C26H31NO3S. The average Bonchev–Trinajstić information content (AvgIpc) is 3.42. The number of likely N-dealkylation sites (tertiary alicyclic amines) is 1. The zero-order valence-corrected chi connectivity index (χ0v) is 19.8. The topological polar surface area (TPSA) is 57.6 Å². The standard InChI is InChI=1S/C26H31NO3S/c1-15-10-11-17(26(3,4)5)14-19(15)22(28)20-21(24-16(2)12-13-31-24)27(25(30)23(20)29)18-8-6-7-9-18/h10-14,18,21,28H,6-9H2,1-5H3/b22-20+. The minimum absolute atomic E-state index is 0.0512. The predicted molar refractivity (Wildman–Crippen MR) is 125 cm³/mol. The third kappa shape index (κ3) is 3.73. The van der Waals surface area contributed by atoms with E-state index in [0.717, 1.165) is 47.3 Å². The van der Waals surface area contributed by atoms with E-state index >= 15 is 0 Å². The molecule has 4 rings (SSSR count). The van der Waals surface area contributed by atoms with E-state index in [4.69, 9.17) is 0 Å². The van der Waals surface area contributed by atoms with Gasteiger partial charge in [0.05, 0.1) is 5.57 Å². The molecule has 1 aliphatic carbocycles. The molecule has 2 aromatic rings. The molecular weight excluding hydrogens is 406 g/mol. The summed E-state index contributed by atoms with van der Waals surface area (Å²) in [4.78, 5) is 29.2. The van der Waals surface area contributed by atoms with Crippen LogP contribution in [0.4, 0.5) is 0 Å². The molecule has 1 unspecified atom stereocenters. The number of hydrogen-bond donors (Lipinski definition) is 1. The molecule has 0 radical (unpaired) electrons. The van der Waals surface area contributed by atoms with Gasteiger partial charge in [-0.25, -0.2) is 0 Å². The third-order valence-corrected chi connectivity index (χ3v) is 7.78. The number of benzene rings is 1. The Morgan fingerprint density at radius 1 is 1.06 bits per heavy atom. The summed E-state index contributed by atoms with van der Waals surface area (Å²) in [6.45, 7) is 10.3. The van der Waals surface area contributed by atoms with Gasteiger partial charge in [-0.05, 0) is 66.3 Å². The Morgan fingerprint density at radius 2 is 1.74 bits per heavy atom. The molecule has 31 heavy (non-hydrogen) atoms. The van der Waals surface area contributed by atoms with Crippen LogP contribution in [0.2, 0.25) is 0 Å². The summed E-state index contributed by atoms with van der Waals surface area (Å²) in [7, 11) is 0. The highest BCUT2D eigenvalue weighted by atomic mass is 32.1. The number of aliphatic hydroxyl groups excluding tert-OH is 1. The highest BCUT2D eigenvalue weighted by molar-refractivity contribution is 7.10. The van der Waals surface area contributed by atoms with Gasteiger partial charge in [0.1, 0.15) is 11.8 Å². The molecule has 1 atom stereocenters. The highest BCUT2D eigenvalue weighted by Gasteiger charge is 2.50. The lowest BCUT2D eigenvalue weighted by molar-refractivity contribution is -0.141. The van der Waals surface area contributed by atoms with Crippen molar-refractivity contribution in [3.63, 3.8) is 0 Å². The first-order valence-corrected chi connectivity index (χ1v) is 11.9. The number of Topliss-reactive ketones (excluding diaryl/α,β-unsaturated/α-hetero) is 1. The number of nitrogens with zero attached hydrogens (tertiary/aromatic N) is 1. The van der Waals surface area contributed by atoms with E-state index < -0.39 is 17.7 Å². The number of amides is 1. The number of thiophene rings is 1. The van der Waals surface area contributed by atoms with Gasteiger partial charge in [-0.1, -0.05) is 45.7 Å². The van der Waals surface area contributed by atoms with Gasteiger partial charge in [0, 0.05) is 16.5 Å². The number of aryl methyl sites for hydroxylation is 2. The van der Waals surface area contributed by atoms with Crippen molar-refractivity contribution in [1.29, 1.82) is 0 Å². The van der Waals surface area contributed by atoms with Gasteiger partial charge in [0.2, 0.25) is 0 Å². The van der Waals surface area contributed by atoms with E-state index in [2.05, 4.69) is 26.8 Å². The fourth-order valence-electron chi connectivity index (χ4n) is 4.82. The zero-order chi connectivity index (χ0) is 22.5. The first-order valence-electron chi connectivity index (χ1n) is 11.1. The molecule has 1 amide bonds. The van der Waals surface area contributed by atoms with Crippen LogP contribution >= 0.6 is 11.3 Å². The zero-order valence-electron chi connectivity index (χ0n) is 19.0. The first kappa shape index (κ1) is 21.8. The molecule has 0 bridgehead atoms. The quantitative estimate of drug-likeness (QED) is 0.362. The summed E-state index contributed by atoms with van der Waals surface area (Å²) < 4.78 is 0. The number of carbonyl (C=O) groups is 2. The number of carbonyl (C=O) groups excluding carboxylic acids is 2. The van der Waals surface area contributed by atoms with E-state index in [-0.39, 0.29) is 22.8 Å². The first-order chi connectivity index (χ1) is 14.6. The SMILES string of the molecule is Cc1ccc(C(C)(C)C)cc1/C(O)=C1\C(=O)C(=O)N(C2CCCC2)C1c1sccc1C. The fourth-order valence-corrected chi connectivity index (χ4v) is 5.85. The maximum Gasteiger partial charge on any atom is 0.295 e. The van der Waals surface area contributed by atoms with Gasteiger partial charge in [-0.15, -0.1) is 11.3 Å². The number of hydrogen-bond acceptors (Lipinski definition) is 4. The molecule has 5 heteroatoms. The van der Waals surface area contributed by atoms with E-state index in [9.17, 15) is 14.7 Å². The van der Waals surface area contributed by atoms with Crippen molar-refractivity contribution in [2.45, 2.75) is 77.8 Å². The van der Waals surface area contributed by atoms with Crippen LogP contribution in [-0.2, 0) is 15.0 Å². The third-order valence-electron chi connectivity index (χ3n) is 6.71. The van der Waals surface area contributed by atoms with E-state index in [1.54, 1.807) is 16.2 Å². The Balaban J connectivity index is 1.93. The molecule has 1 aromatic carbocycles. The van der Waals surface area contributed by atoms with Crippen LogP contribution in [0.25, 0.3) is 5.76 Å². The molecule has 4 nitrogen and oxygen atoms in total. The van der Waals surface area contributed by atoms with Crippen molar-refractivity contribution >= 4 is 28.8 Å². The molecule has 0 spiro atoms. The summed E-state index contributed by atoms with van der Waals surface area (Å²) in [6, 6.07) is 7.56. The minimum atomic E-state index is -0.567. The van der Waals surface area contributed by atoms with Gasteiger partial charge in [0.25, 0.3) is 11.7 Å². The van der Waals surface area contributed by atoms with Crippen LogP contribution in [0.1, 0.15) is 79.6 Å². The summed E-state index contributed by atoms with van der Waals surface area (Å²) in [6.07, 6.45) is 3.95. The van der Waals surface area contributed by atoms with Gasteiger partial charge < -0.3 is 10.0 Å². The monoisotopic (exact) mass is 437 g/mol. The molecule has 2 fully saturated rings. The maximum atomic E-state index is 13.3. The summed E-state index contributed by atoms with van der Waals surface area (Å²) >= 11 is 1.55. The maximum absolute atomic E-state index is 13.3. The van der Waals surface area contributed by atoms with E-state index in [0.29, 0.717) is 5.56 Å². The lowest BCUT2D eigenvalue weighted by atomic mass is 9.84. The van der Waals surface area contributed by atoms with Crippen molar-refractivity contribution in [1.82, 2.24) is 4.90 Å². The van der Waals surface area contributed by atoms with E-state index in [1.165, 1.54) is 0 Å². The second-order valence-corrected chi connectivity index (χ2v) is 10.8. The normalized spacial score (nSPS) is 22.0. The molecule has 1 saturated carbocycles. The smallest absolute Gasteiger partial charge is 0.295 e. The predicted octanol–water partition coefficient (Wildman–Crippen LogP) is 6.03. The van der Waals surface area contributed by atoms with Crippen LogP contribution in [0.5, 0.6) is 0 Å². The molecule has 1 aliphatic heterocycles. The minimum Gasteiger partial charge on any atom is -0.507 e. The Bertz CT molecular complexity index is 1070. The lowest BCUT2D eigenvalue weighted by Gasteiger charge is -2.30. The van der Waals surface area contributed by atoms with Crippen LogP contribution in [0.3, 0.4) is 0 Å². The number of ketones is 1. The van der Waals surface area contributed by atoms with Crippen molar-refractivity contribution in [3.05, 3.63) is 62.3 Å². The summed E-state index contributed by atoms with van der Waals surface area (Å²) in [5, 5.41) is 13.5. The molecule has 1 N–H and O–H groups in total. The van der Waals surface area contributed by atoms with Crippen LogP contribution in [0.15, 0.2) is 35.2 Å². The Labute approximate surface area is 188 Å². The van der Waals surface area contributed by atoms with Gasteiger partial charge >= 0.3 is 0 Å². The molecule has 2 heterocycles. The van der Waals surface area contributed by atoms with Gasteiger partial charge in [0.15, 0.2) is 0 Å². The number of rotatable bonds is 3. The highest BCUT2D eigenvalue weighted by Crippen LogP contribution is 2.46. The number of aliphatic hydroxyl groups is 1. The van der Waals surface area contributed by atoms with Gasteiger partial charge in [-0.2, -0.15) is 0 Å². The second-order valence-electron chi connectivity index (χ2n) is 9.89.